The second-order valence-corrected chi connectivity index (χ2v) is 7.89. The molecule has 0 spiro atoms. The number of aliphatic carboxylic acids is 1. The summed E-state index contributed by atoms with van der Waals surface area (Å²) in [4.78, 5) is 31.4. The van der Waals surface area contributed by atoms with Crippen molar-refractivity contribution in [2.45, 2.75) is 39.5 Å². The number of carboxylic acid groups (broad SMARTS) is 1. The van der Waals surface area contributed by atoms with Crippen molar-refractivity contribution in [3.05, 3.63) is 28.3 Å². The first-order valence-electron chi connectivity index (χ1n) is 8.35. The van der Waals surface area contributed by atoms with E-state index in [0.29, 0.717) is 17.1 Å². The first-order valence-corrected chi connectivity index (χ1v) is 9.16. The number of hydrogen-bond donors (Lipinski definition) is 3. The number of aromatic nitrogens is 2. The van der Waals surface area contributed by atoms with Crippen LogP contribution < -0.4 is 0 Å². The Hall–Kier alpha value is -2.23. The van der Waals surface area contributed by atoms with Crippen LogP contribution in [0.15, 0.2) is 11.9 Å². The molecule has 1 saturated heterocycles. The van der Waals surface area contributed by atoms with Crippen molar-refractivity contribution < 1.29 is 24.9 Å². The summed E-state index contributed by atoms with van der Waals surface area (Å²) in [6.45, 7) is 5.06. The number of nitrogens with zero attached hydrogens (tertiary/aromatic N) is 3. The van der Waals surface area contributed by atoms with E-state index < -0.39 is 18.0 Å². The molecule has 26 heavy (non-hydrogen) atoms. The summed E-state index contributed by atoms with van der Waals surface area (Å²) in [6, 6.07) is -0.346. The molecule has 8 nitrogen and oxygen atoms in total. The molecule has 9 heteroatoms. The number of β-lactam (4-membered cyclic amide) rings is 1. The van der Waals surface area contributed by atoms with E-state index in [-0.39, 0.29) is 30.2 Å². The molecule has 1 amide bonds. The van der Waals surface area contributed by atoms with Gasteiger partial charge in [-0.2, -0.15) is 0 Å². The highest BCUT2D eigenvalue weighted by Gasteiger charge is 2.60. The quantitative estimate of drug-likeness (QED) is 0.681. The molecule has 0 radical (unpaired) electrons. The van der Waals surface area contributed by atoms with E-state index in [1.165, 1.54) is 16.2 Å². The molecule has 1 fully saturated rings. The predicted molar refractivity (Wildman–Crippen MR) is 93.3 cm³/mol. The van der Waals surface area contributed by atoms with Gasteiger partial charge in [-0.15, -0.1) is 11.3 Å². The molecule has 4 atom stereocenters. The molecular formula is C17H19N3O5S. The zero-order valence-electron chi connectivity index (χ0n) is 14.5. The Bertz CT molecular complexity index is 973. The van der Waals surface area contributed by atoms with Gasteiger partial charge in [0.1, 0.15) is 22.0 Å². The third kappa shape index (κ3) is 2.04. The van der Waals surface area contributed by atoms with E-state index >= 15 is 0 Å². The van der Waals surface area contributed by atoms with Crippen LogP contribution in [-0.2, 0) is 16.2 Å². The first kappa shape index (κ1) is 17.2. The second kappa shape index (κ2) is 5.63. The van der Waals surface area contributed by atoms with Crippen molar-refractivity contribution in [2.75, 3.05) is 0 Å². The number of hydrogen-bond acceptors (Lipinski definition) is 6. The molecular weight excluding hydrogens is 358 g/mol. The van der Waals surface area contributed by atoms with Crippen molar-refractivity contribution in [3.63, 3.8) is 0 Å². The number of carbonyl (C=O) groups is 2. The van der Waals surface area contributed by atoms with Crippen LogP contribution in [0.2, 0.25) is 0 Å². The van der Waals surface area contributed by atoms with Crippen LogP contribution in [0.4, 0.5) is 0 Å². The first-order chi connectivity index (χ1) is 12.3. The number of aryl methyl sites for hydroxylation is 1. The molecule has 2 aliphatic rings. The fourth-order valence-corrected chi connectivity index (χ4v) is 5.48. The molecule has 0 aliphatic carbocycles. The van der Waals surface area contributed by atoms with Crippen LogP contribution in [-0.4, -0.2) is 53.6 Å². The highest BCUT2D eigenvalue weighted by Crippen LogP contribution is 2.51. The lowest BCUT2D eigenvalue weighted by atomic mass is 9.77. The Kier molecular flexibility index (Phi) is 3.73. The topological polar surface area (TPSA) is 115 Å². The van der Waals surface area contributed by atoms with Gasteiger partial charge < -0.3 is 20.2 Å². The lowest BCUT2D eigenvalue weighted by molar-refractivity contribution is -0.163. The summed E-state index contributed by atoms with van der Waals surface area (Å²) in [5, 5.41) is 29.1. The van der Waals surface area contributed by atoms with Gasteiger partial charge in [0.15, 0.2) is 0 Å². The molecule has 0 saturated carbocycles. The maximum Gasteiger partial charge on any atom is 0.352 e. The normalized spacial score (nSPS) is 26.4. The number of aliphatic hydroxyl groups is 2. The van der Waals surface area contributed by atoms with Crippen LogP contribution >= 0.6 is 11.3 Å². The van der Waals surface area contributed by atoms with Crippen LogP contribution in [0.5, 0.6) is 0 Å². The van der Waals surface area contributed by atoms with Gasteiger partial charge in [0, 0.05) is 17.7 Å². The van der Waals surface area contributed by atoms with E-state index in [1.54, 1.807) is 6.92 Å². The van der Waals surface area contributed by atoms with Crippen LogP contribution in [0.25, 0.3) is 10.4 Å². The molecule has 4 rings (SSSR count). The second-order valence-electron chi connectivity index (χ2n) is 6.86. The van der Waals surface area contributed by atoms with Gasteiger partial charge in [-0.1, -0.05) is 6.92 Å². The largest absolute Gasteiger partial charge is 0.477 e. The van der Waals surface area contributed by atoms with E-state index in [4.69, 9.17) is 0 Å². The number of rotatable bonds is 4. The number of thiazole rings is 1. The molecule has 0 aromatic carbocycles. The van der Waals surface area contributed by atoms with Crippen molar-refractivity contribution in [1.29, 1.82) is 0 Å². The molecule has 0 bridgehead atoms. The summed E-state index contributed by atoms with van der Waals surface area (Å²) < 4.78 is 1.83. The van der Waals surface area contributed by atoms with E-state index in [2.05, 4.69) is 4.98 Å². The van der Waals surface area contributed by atoms with Gasteiger partial charge in [-0.05, 0) is 13.8 Å². The smallest absolute Gasteiger partial charge is 0.352 e. The number of imidazole rings is 1. The molecule has 2 aromatic heterocycles. The third-order valence-corrected chi connectivity index (χ3v) is 6.52. The average molecular weight is 377 g/mol. The lowest BCUT2D eigenvalue weighted by Crippen LogP contribution is -2.63. The Balaban J connectivity index is 1.87. The number of carbonyl (C=O) groups excluding carboxylic acids is 1. The van der Waals surface area contributed by atoms with Gasteiger partial charge in [0.2, 0.25) is 5.91 Å². The van der Waals surface area contributed by atoms with Crippen molar-refractivity contribution in [2.24, 2.45) is 11.8 Å². The van der Waals surface area contributed by atoms with Crippen LogP contribution in [0, 0.1) is 18.8 Å². The number of amides is 1. The number of fused-ring (bicyclic) bond motifs is 2. The summed E-state index contributed by atoms with van der Waals surface area (Å²) in [5.74, 6) is -1.59. The Morgan fingerprint density at radius 3 is 2.73 bits per heavy atom. The predicted octanol–water partition coefficient (Wildman–Crippen LogP) is 0.850. The van der Waals surface area contributed by atoms with Gasteiger partial charge >= 0.3 is 5.97 Å². The number of carboxylic acids is 1. The SMILES string of the molecule is Cc1nc(CO)c2sc(C3=C(C(=O)O)N4C(=O)[C@H]([C@@H](C)O)[C@H]4[C@H]3C)cn12. The minimum atomic E-state index is -1.15. The number of aliphatic hydroxyl groups excluding tert-OH is 2. The van der Waals surface area contributed by atoms with Gasteiger partial charge in [0.25, 0.3) is 0 Å². The van der Waals surface area contributed by atoms with Gasteiger partial charge in [0.05, 0.1) is 29.5 Å². The van der Waals surface area contributed by atoms with Gasteiger partial charge in [-0.3, -0.25) is 9.20 Å². The zero-order chi connectivity index (χ0) is 18.9. The van der Waals surface area contributed by atoms with Gasteiger partial charge in [-0.25, -0.2) is 9.78 Å². The lowest BCUT2D eigenvalue weighted by Gasteiger charge is -2.46. The summed E-state index contributed by atoms with van der Waals surface area (Å²) in [6.07, 6.45) is 0.983. The summed E-state index contributed by atoms with van der Waals surface area (Å²) in [5.41, 5.74) is 1.13. The maximum absolute atomic E-state index is 12.4. The van der Waals surface area contributed by atoms with Crippen molar-refractivity contribution >= 4 is 33.6 Å². The molecule has 4 heterocycles. The Morgan fingerprint density at radius 1 is 1.46 bits per heavy atom. The van der Waals surface area contributed by atoms with Crippen molar-refractivity contribution in [3.8, 4) is 0 Å². The molecule has 138 valence electrons. The summed E-state index contributed by atoms with van der Waals surface area (Å²) in [7, 11) is 0. The van der Waals surface area contributed by atoms with Crippen LogP contribution in [0.1, 0.15) is 30.2 Å². The molecule has 2 aromatic rings. The monoisotopic (exact) mass is 377 g/mol. The fraction of sp³-hybridized carbons (Fsp3) is 0.471. The van der Waals surface area contributed by atoms with Crippen LogP contribution in [0.3, 0.4) is 0 Å². The zero-order valence-corrected chi connectivity index (χ0v) is 15.3. The molecule has 2 aliphatic heterocycles. The van der Waals surface area contributed by atoms with Crippen molar-refractivity contribution in [1.82, 2.24) is 14.3 Å². The fourth-order valence-electron chi connectivity index (χ4n) is 4.21. The molecule has 3 N–H and O–H groups in total. The average Bonchev–Trinajstić information content (AvgIpc) is 3.17. The summed E-state index contributed by atoms with van der Waals surface area (Å²) >= 11 is 1.35. The highest BCUT2D eigenvalue weighted by atomic mass is 32.1. The van der Waals surface area contributed by atoms with E-state index in [1.807, 2.05) is 24.4 Å². The minimum Gasteiger partial charge on any atom is -0.477 e. The highest BCUT2D eigenvalue weighted by molar-refractivity contribution is 7.18. The third-order valence-electron chi connectivity index (χ3n) is 5.35. The Labute approximate surface area is 153 Å². The Morgan fingerprint density at radius 2 is 2.15 bits per heavy atom. The van der Waals surface area contributed by atoms with E-state index in [9.17, 15) is 24.9 Å². The standard InChI is InChI=1S/C17H19N3O5S/c1-6-11(10-4-19-8(3)18-9(5-21)16(19)26-10)14(17(24)25)20-13(6)12(7(2)22)15(20)23/h4,6-7,12-13,21-22H,5H2,1-3H3,(H,24,25)/t6-,7+,12+,13+/m0/s1. The maximum atomic E-state index is 12.4. The minimum absolute atomic E-state index is 0.00920. The molecule has 0 unspecified atom stereocenters. The van der Waals surface area contributed by atoms with E-state index in [0.717, 1.165) is 9.71 Å².